The standard InChI is InChI=1S/C15H23NO3/c1-10(2)16-9-15(19)8-4-3-5-11-12(15)6-7-13(17)14(11)18/h6-7,10,16-19H,3-5,8-9H2,1-2H3/t15-/m0/s1. The summed E-state index contributed by atoms with van der Waals surface area (Å²) in [5, 5.41) is 33.8. The second-order valence-electron chi connectivity index (χ2n) is 5.73. The molecule has 1 atom stereocenters. The summed E-state index contributed by atoms with van der Waals surface area (Å²) < 4.78 is 0. The lowest BCUT2D eigenvalue weighted by Gasteiger charge is -2.30. The van der Waals surface area contributed by atoms with Crippen molar-refractivity contribution in [2.75, 3.05) is 6.54 Å². The van der Waals surface area contributed by atoms with Gasteiger partial charge in [0.2, 0.25) is 0 Å². The second kappa shape index (κ2) is 5.39. The van der Waals surface area contributed by atoms with Crippen LogP contribution in [-0.2, 0) is 12.0 Å². The summed E-state index contributed by atoms with van der Waals surface area (Å²) in [6.07, 6.45) is 3.18. The molecule has 0 amide bonds. The van der Waals surface area contributed by atoms with Gasteiger partial charge >= 0.3 is 0 Å². The summed E-state index contributed by atoms with van der Waals surface area (Å²) >= 11 is 0. The fourth-order valence-electron chi connectivity index (χ4n) is 2.72. The Balaban J connectivity index is 2.40. The maximum Gasteiger partial charge on any atom is 0.161 e. The van der Waals surface area contributed by atoms with Crippen molar-refractivity contribution in [2.45, 2.75) is 51.2 Å². The van der Waals surface area contributed by atoms with Gasteiger partial charge < -0.3 is 20.6 Å². The molecule has 0 aliphatic heterocycles. The van der Waals surface area contributed by atoms with Crippen LogP contribution in [0.25, 0.3) is 0 Å². The average molecular weight is 265 g/mol. The first-order valence-electron chi connectivity index (χ1n) is 6.94. The number of aromatic hydroxyl groups is 2. The Bertz CT molecular complexity index is 459. The second-order valence-corrected chi connectivity index (χ2v) is 5.73. The Morgan fingerprint density at radius 2 is 2.00 bits per heavy atom. The Labute approximate surface area is 114 Å². The number of phenolic OH excluding ortho intramolecular Hbond substituents is 2. The molecule has 0 saturated heterocycles. The summed E-state index contributed by atoms with van der Waals surface area (Å²) in [7, 11) is 0. The Morgan fingerprint density at radius 3 is 2.68 bits per heavy atom. The van der Waals surface area contributed by atoms with E-state index in [1.807, 2.05) is 13.8 Å². The van der Waals surface area contributed by atoms with E-state index in [4.69, 9.17) is 0 Å². The number of hydrogen-bond acceptors (Lipinski definition) is 4. The van der Waals surface area contributed by atoms with E-state index < -0.39 is 5.60 Å². The zero-order valence-corrected chi connectivity index (χ0v) is 11.6. The molecule has 0 saturated carbocycles. The highest BCUT2D eigenvalue weighted by Crippen LogP contribution is 2.41. The summed E-state index contributed by atoms with van der Waals surface area (Å²) in [5.41, 5.74) is 0.459. The van der Waals surface area contributed by atoms with Crippen molar-refractivity contribution < 1.29 is 15.3 Å². The first-order valence-corrected chi connectivity index (χ1v) is 6.94. The first-order chi connectivity index (χ1) is 8.94. The van der Waals surface area contributed by atoms with Crippen molar-refractivity contribution in [1.29, 1.82) is 0 Å². The predicted octanol–water partition coefficient (Wildman–Crippen LogP) is 2.01. The number of fused-ring (bicyclic) bond motifs is 1. The summed E-state index contributed by atoms with van der Waals surface area (Å²) in [5.74, 6) is -0.192. The molecular formula is C15H23NO3. The summed E-state index contributed by atoms with van der Waals surface area (Å²) in [6.45, 7) is 4.53. The van der Waals surface area contributed by atoms with Crippen LogP contribution in [0, 0.1) is 0 Å². The van der Waals surface area contributed by atoms with Gasteiger partial charge in [-0.2, -0.15) is 0 Å². The first kappa shape index (κ1) is 14.2. The number of aliphatic hydroxyl groups is 1. The van der Waals surface area contributed by atoms with Crippen LogP contribution in [0.1, 0.15) is 44.2 Å². The molecule has 1 aliphatic rings. The fourth-order valence-corrected chi connectivity index (χ4v) is 2.72. The van der Waals surface area contributed by atoms with Gasteiger partial charge in [0.15, 0.2) is 11.5 Å². The topological polar surface area (TPSA) is 72.7 Å². The predicted molar refractivity (Wildman–Crippen MR) is 74.4 cm³/mol. The normalized spacial score (nSPS) is 23.2. The van der Waals surface area contributed by atoms with Crippen LogP contribution in [0.5, 0.6) is 11.5 Å². The number of hydrogen-bond donors (Lipinski definition) is 4. The van der Waals surface area contributed by atoms with E-state index in [9.17, 15) is 15.3 Å². The van der Waals surface area contributed by atoms with Gasteiger partial charge in [0.05, 0.1) is 0 Å². The van der Waals surface area contributed by atoms with Crippen molar-refractivity contribution in [3.05, 3.63) is 23.3 Å². The summed E-state index contributed by atoms with van der Waals surface area (Å²) in [6, 6.07) is 3.49. The third-order valence-electron chi connectivity index (χ3n) is 3.83. The van der Waals surface area contributed by atoms with E-state index in [0.717, 1.165) is 18.4 Å². The highest BCUT2D eigenvalue weighted by Gasteiger charge is 2.34. The van der Waals surface area contributed by atoms with Gasteiger partial charge in [0.25, 0.3) is 0 Å². The Morgan fingerprint density at radius 1 is 1.26 bits per heavy atom. The zero-order chi connectivity index (χ0) is 14.0. The number of benzene rings is 1. The van der Waals surface area contributed by atoms with E-state index in [0.29, 0.717) is 31.0 Å². The lowest BCUT2D eigenvalue weighted by Crippen LogP contribution is -2.41. The lowest BCUT2D eigenvalue weighted by molar-refractivity contribution is 0.0252. The molecule has 1 aromatic rings. The van der Waals surface area contributed by atoms with Gasteiger partial charge in [-0.05, 0) is 37.3 Å². The molecule has 1 aromatic carbocycles. The third-order valence-corrected chi connectivity index (χ3v) is 3.83. The molecule has 4 N–H and O–H groups in total. The minimum atomic E-state index is -0.971. The van der Waals surface area contributed by atoms with Gasteiger partial charge in [-0.3, -0.25) is 0 Å². The van der Waals surface area contributed by atoms with Crippen LogP contribution in [0.4, 0.5) is 0 Å². The van der Waals surface area contributed by atoms with Gasteiger partial charge in [-0.15, -0.1) is 0 Å². The van der Waals surface area contributed by atoms with Crippen LogP contribution >= 0.6 is 0 Å². The maximum atomic E-state index is 10.9. The number of nitrogens with one attached hydrogen (secondary N) is 1. The molecule has 19 heavy (non-hydrogen) atoms. The molecule has 106 valence electrons. The smallest absolute Gasteiger partial charge is 0.161 e. The third kappa shape index (κ3) is 2.85. The highest BCUT2D eigenvalue weighted by atomic mass is 16.3. The fraction of sp³-hybridized carbons (Fsp3) is 0.600. The SMILES string of the molecule is CC(C)NC[C@@]1(O)CCCCc2c1ccc(O)c2O. The van der Waals surface area contributed by atoms with Crippen LogP contribution < -0.4 is 5.32 Å². The minimum Gasteiger partial charge on any atom is -0.504 e. The van der Waals surface area contributed by atoms with E-state index in [2.05, 4.69) is 5.32 Å². The molecule has 1 aliphatic carbocycles. The van der Waals surface area contributed by atoms with Gasteiger partial charge in [0.1, 0.15) is 5.60 Å². The molecule has 0 aromatic heterocycles. The van der Waals surface area contributed by atoms with Gasteiger partial charge in [-0.1, -0.05) is 19.9 Å². The molecule has 0 fully saturated rings. The van der Waals surface area contributed by atoms with Crippen molar-refractivity contribution in [1.82, 2.24) is 5.32 Å². The van der Waals surface area contributed by atoms with Gasteiger partial charge in [0, 0.05) is 18.2 Å². The van der Waals surface area contributed by atoms with Crippen LogP contribution in [0.2, 0.25) is 0 Å². The monoisotopic (exact) mass is 265 g/mol. The summed E-state index contributed by atoms with van der Waals surface area (Å²) in [4.78, 5) is 0. The van der Waals surface area contributed by atoms with Crippen molar-refractivity contribution in [3.63, 3.8) is 0 Å². The van der Waals surface area contributed by atoms with E-state index in [1.54, 1.807) is 6.07 Å². The molecule has 0 unspecified atom stereocenters. The van der Waals surface area contributed by atoms with Crippen molar-refractivity contribution in [3.8, 4) is 11.5 Å². The van der Waals surface area contributed by atoms with Crippen LogP contribution in [0.3, 0.4) is 0 Å². The lowest BCUT2D eigenvalue weighted by atomic mass is 9.87. The largest absolute Gasteiger partial charge is 0.504 e. The van der Waals surface area contributed by atoms with E-state index in [-0.39, 0.29) is 11.5 Å². The zero-order valence-electron chi connectivity index (χ0n) is 11.6. The van der Waals surface area contributed by atoms with Crippen LogP contribution in [-0.4, -0.2) is 27.9 Å². The molecule has 4 nitrogen and oxygen atoms in total. The van der Waals surface area contributed by atoms with E-state index >= 15 is 0 Å². The van der Waals surface area contributed by atoms with Crippen molar-refractivity contribution in [2.24, 2.45) is 0 Å². The average Bonchev–Trinajstić information content (AvgIpc) is 2.52. The molecule has 2 rings (SSSR count). The molecule has 0 bridgehead atoms. The van der Waals surface area contributed by atoms with E-state index in [1.165, 1.54) is 6.07 Å². The van der Waals surface area contributed by atoms with Crippen LogP contribution in [0.15, 0.2) is 12.1 Å². The quantitative estimate of drug-likeness (QED) is 0.498. The number of phenols is 2. The highest BCUT2D eigenvalue weighted by molar-refractivity contribution is 5.51. The molecule has 4 heteroatoms. The molecular weight excluding hydrogens is 242 g/mol. The minimum absolute atomic E-state index is 0.0811. The molecule has 0 heterocycles. The van der Waals surface area contributed by atoms with Crippen molar-refractivity contribution >= 4 is 0 Å². The van der Waals surface area contributed by atoms with Gasteiger partial charge in [-0.25, -0.2) is 0 Å². The Kier molecular flexibility index (Phi) is 4.02. The maximum absolute atomic E-state index is 10.9. The Hall–Kier alpha value is -1.26. The number of rotatable bonds is 3. The molecule has 0 spiro atoms. The molecule has 0 radical (unpaired) electrons.